The number of hydroxylamine groups is 1. The highest BCUT2D eigenvalue weighted by Crippen LogP contribution is 2.28. The van der Waals surface area contributed by atoms with Gasteiger partial charge < -0.3 is 10.1 Å². The normalized spacial score (nSPS) is 22.6. The summed E-state index contributed by atoms with van der Waals surface area (Å²) in [5.41, 5.74) is -0.00306. The third kappa shape index (κ3) is 3.36. The molecule has 0 saturated heterocycles. The Morgan fingerprint density at radius 2 is 2.29 bits per heavy atom. The van der Waals surface area contributed by atoms with Crippen LogP contribution in [0, 0.1) is 5.82 Å². The van der Waals surface area contributed by atoms with Crippen molar-refractivity contribution in [3.63, 3.8) is 0 Å². The van der Waals surface area contributed by atoms with Gasteiger partial charge in [-0.25, -0.2) is 29.2 Å². The Bertz CT molecular complexity index is 1340. The first kappa shape index (κ1) is 10.4. The summed E-state index contributed by atoms with van der Waals surface area (Å²) in [7, 11) is -2.74. The molecular formula is C19H21FN6O2. The highest BCUT2D eigenvalue weighted by atomic mass is 19.1. The SMILES string of the molecule is [2H]C([2H])([2H])Oc1ccc(F)cc1[C@@H](C)Nc1ccn2ncc(C3=NC(C([2H])([2H])[2H])(C([2H])([2H])[2H])ON3)c2n1. The molecule has 2 N–H and O–H groups in total. The van der Waals surface area contributed by atoms with Crippen molar-refractivity contribution in [2.24, 2.45) is 4.99 Å². The van der Waals surface area contributed by atoms with Crippen LogP contribution in [-0.2, 0) is 4.84 Å². The van der Waals surface area contributed by atoms with E-state index in [1.165, 1.54) is 23.0 Å². The van der Waals surface area contributed by atoms with Crippen molar-refractivity contribution in [2.75, 3.05) is 12.4 Å². The molecule has 0 saturated carbocycles. The average Bonchev–Trinajstić information content (AvgIpc) is 3.38. The van der Waals surface area contributed by atoms with E-state index in [2.05, 4.69) is 25.9 Å². The molecule has 0 aliphatic carbocycles. The summed E-state index contributed by atoms with van der Waals surface area (Å²) in [5, 5.41) is 7.14. The fraction of sp³-hybridized carbons (Fsp3) is 0.316. The molecule has 0 spiro atoms. The molecule has 9 heteroatoms. The van der Waals surface area contributed by atoms with Crippen molar-refractivity contribution < 1.29 is 26.3 Å². The van der Waals surface area contributed by atoms with Gasteiger partial charge >= 0.3 is 0 Å². The zero-order valence-corrected chi connectivity index (χ0v) is 14.5. The van der Waals surface area contributed by atoms with Crippen LogP contribution in [0.4, 0.5) is 10.2 Å². The lowest BCUT2D eigenvalue weighted by atomic mass is 10.1. The number of fused-ring (bicyclic) bond motifs is 1. The Morgan fingerprint density at radius 1 is 1.39 bits per heavy atom. The molecule has 1 aliphatic rings. The van der Waals surface area contributed by atoms with Crippen LogP contribution in [-0.4, -0.2) is 33.2 Å². The molecule has 8 nitrogen and oxygen atoms in total. The van der Waals surface area contributed by atoms with Gasteiger partial charge in [-0.3, -0.25) is 0 Å². The maximum atomic E-state index is 13.9. The van der Waals surface area contributed by atoms with Gasteiger partial charge in [-0.2, -0.15) is 5.10 Å². The lowest BCUT2D eigenvalue weighted by molar-refractivity contribution is -0.0269. The molecule has 1 aromatic carbocycles. The van der Waals surface area contributed by atoms with E-state index in [4.69, 9.17) is 21.9 Å². The first-order valence-electron chi connectivity index (χ1n) is 12.6. The molecule has 3 heterocycles. The van der Waals surface area contributed by atoms with Crippen LogP contribution in [0.3, 0.4) is 0 Å². The van der Waals surface area contributed by atoms with E-state index in [0.29, 0.717) is 0 Å². The zero-order valence-electron chi connectivity index (χ0n) is 23.5. The number of ether oxygens (including phenoxy) is 1. The van der Waals surface area contributed by atoms with Gasteiger partial charge in [0.05, 0.1) is 29.0 Å². The lowest BCUT2D eigenvalue weighted by Gasteiger charge is -2.18. The van der Waals surface area contributed by atoms with Crippen LogP contribution in [0.2, 0.25) is 0 Å². The lowest BCUT2D eigenvalue weighted by Crippen LogP contribution is -2.23. The van der Waals surface area contributed by atoms with E-state index in [1.807, 2.05) is 0 Å². The summed E-state index contributed by atoms with van der Waals surface area (Å²) in [4.78, 5) is 13.3. The van der Waals surface area contributed by atoms with Gasteiger partial charge in [0.25, 0.3) is 0 Å². The molecule has 4 rings (SSSR count). The third-order valence-corrected chi connectivity index (χ3v) is 4.10. The van der Waals surface area contributed by atoms with Crippen LogP contribution in [0.15, 0.2) is 41.7 Å². The Kier molecular flexibility index (Phi) is 2.50. The van der Waals surface area contributed by atoms with Gasteiger partial charge in [0, 0.05) is 20.0 Å². The summed E-state index contributed by atoms with van der Waals surface area (Å²) in [6.07, 6.45) is 2.82. The Balaban J connectivity index is 1.68. The summed E-state index contributed by atoms with van der Waals surface area (Å²) in [6.45, 7) is -4.60. The number of nitrogens with one attached hydrogen (secondary N) is 2. The molecule has 0 unspecified atom stereocenters. The van der Waals surface area contributed by atoms with E-state index in [-0.39, 0.29) is 34.2 Å². The standard InChI is InChI=1S/C19H21FN6O2/c1-11(13-9-12(20)5-6-15(13)27-4)22-16-7-8-26-18(23-16)14(10-21-26)17-24-19(2,3)28-25-17/h5-11H,1-4H3,(H,22,23)(H,24,25)/t11-/m1/s1/i2D3,3D3,4D3. The zero-order chi connectivity index (χ0) is 27.4. The molecule has 0 amide bonds. The number of halogens is 1. The molecular weight excluding hydrogens is 363 g/mol. The number of hydrogen-bond donors (Lipinski definition) is 2. The van der Waals surface area contributed by atoms with Gasteiger partial charge in [-0.15, -0.1) is 0 Å². The molecule has 1 aliphatic heterocycles. The highest BCUT2D eigenvalue weighted by molar-refractivity contribution is 6.03. The van der Waals surface area contributed by atoms with Crippen LogP contribution in [0.5, 0.6) is 5.75 Å². The topological polar surface area (TPSA) is 85.1 Å². The molecule has 3 aromatic rings. The quantitative estimate of drug-likeness (QED) is 0.693. The van der Waals surface area contributed by atoms with Crippen molar-refractivity contribution in [1.82, 2.24) is 20.1 Å². The van der Waals surface area contributed by atoms with Crippen molar-refractivity contribution in [2.45, 2.75) is 32.4 Å². The number of aliphatic imine (C=N–C) groups is 1. The first-order chi connectivity index (χ1) is 17.0. The second kappa shape index (κ2) is 6.75. The van der Waals surface area contributed by atoms with Gasteiger partial charge in [-0.05, 0) is 44.9 Å². The van der Waals surface area contributed by atoms with E-state index < -0.39 is 38.3 Å². The minimum atomic E-state index is -3.12. The summed E-state index contributed by atoms with van der Waals surface area (Å²) in [6, 6.07) is 4.31. The van der Waals surface area contributed by atoms with Gasteiger partial charge in [0.2, 0.25) is 0 Å². The minimum Gasteiger partial charge on any atom is -0.496 e. The smallest absolute Gasteiger partial charge is 0.182 e. The number of anilines is 1. The van der Waals surface area contributed by atoms with E-state index in [0.717, 1.165) is 12.1 Å². The van der Waals surface area contributed by atoms with Crippen molar-refractivity contribution in [1.29, 1.82) is 0 Å². The average molecular weight is 393 g/mol. The maximum Gasteiger partial charge on any atom is 0.182 e. The Morgan fingerprint density at radius 3 is 3.07 bits per heavy atom. The van der Waals surface area contributed by atoms with Crippen molar-refractivity contribution >= 4 is 17.3 Å². The van der Waals surface area contributed by atoms with Crippen molar-refractivity contribution in [3.05, 3.63) is 53.6 Å². The number of aromatic nitrogens is 3. The number of hydrogen-bond acceptors (Lipinski definition) is 7. The summed E-state index contributed by atoms with van der Waals surface area (Å²) < 4.78 is 88.3. The largest absolute Gasteiger partial charge is 0.496 e. The molecule has 2 aromatic heterocycles. The molecule has 1 atom stereocenters. The second-order valence-corrected chi connectivity index (χ2v) is 6.10. The highest BCUT2D eigenvalue weighted by Gasteiger charge is 2.28. The monoisotopic (exact) mass is 393 g/mol. The molecule has 28 heavy (non-hydrogen) atoms. The summed E-state index contributed by atoms with van der Waals surface area (Å²) >= 11 is 0. The number of methoxy groups -OCH3 is 1. The van der Waals surface area contributed by atoms with Crippen LogP contribution in [0.1, 0.15) is 50.1 Å². The van der Waals surface area contributed by atoms with Crippen LogP contribution < -0.4 is 15.5 Å². The second-order valence-electron chi connectivity index (χ2n) is 6.10. The molecule has 146 valence electrons. The molecule has 0 fully saturated rings. The minimum absolute atomic E-state index is 0.0418. The fourth-order valence-electron chi connectivity index (χ4n) is 2.81. The predicted octanol–water partition coefficient (Wildman–Crippen LogP) is 3.07. The molecule has 0 radical (unpaired) electrons. The van der Waals surface area contributed by atoms with Gasteiger partial charge in [0.1, 0.15) is 17.4 Å². The number of rotatable bonds is 5. The number of nitrogens with zero attached hydrogens (tertiary/aromatic N) is 4. The first-order valence-corrected chi connectivity index (χ1v) is 8.14. The van der Waals surface area contributed by atoms with E-state index in [1.54, 1.807) is 13.0 Å². The van der Waals surface area contributed by atoms with E-state index in [9.17, 15) is 4.39 Å². The third-order valence-electron chi connectivity index (χ3n) is 4.10. The van der Waals surface area contributed by atoms with E-state index >= 15 is 0 Å². The maximum absolute atomic E-state index is 13.9. The van der Waals surface area contributed by atoms with Crippen molar-refractivity contribution in [3.8, 4) is 5.75 Å². The summed E-state index contributed by atoms with van der Waals surface area (Å²) in [5.74, 6) is -0.582. The van der Waals surface area contributed by atoms with Crippen LogP contribution in [0.25, 0.3) is 5.65 Å². The predicted molar refractivity (Wildman–Crippen MR) is 103 cm³/mol. The van der Waals surface area contributed by atoms with Crippen LogP contribution >= 0.6 is 0 Å². The number of benzene rings is 1. The number of amidine groups is 1. The Hall–Kier alpha value is -3.20. The van der Waals surface area contributed by atoms with Gasteiger partial charge in [-0.1, -0.05) is 0 Å². The van der Waals surface area contributed by atoms with Gasteiger partial charge in [0.15, 0.2) is 17.2 Å². The Labute approximate surface area is 174 Å². The fourth-order valence-corrected chi connectivity index (χ4v) is 2.81. The molecule has 0 bridgehead atoms.